The summed E-state index contributed by atoms with van der Waals surface area (Å²) in [6.45, 7) is 2.71. The first kappa shape index (κ1) is 14.7. The number of nitrogens with one attached hydrogen (secondary N) is 1. The summed E-state index contributed by atoms with van der Waals surface area (Å²) in [4.78, 5) is 10.7. The molecule has 1 heterocycles. The largest absolute Gasteiger partial charge is 0.475 e. The van der Waals surface area contributed by atoms with E-state index >= 15 is 0 Å². The van der Waals surface area contributed by atoms with Crippen molar-refractivity contribution in [3.8, 4) is 0 Å². The lowest BCUT2D eigenvalue weighted by Crippen LogP contribution is -2.17. The lowest BCUT2D eigenvalue weighted by Gasteiger charge is -2.02. The van der Waals surface area contributed by atoms with Crippen molar-refractivity contribution in [1.29, 1.82) is 0 Å². The minimum Gasteiger partial charge on any atom is -0.475 e. The third kappa shape index (κ3) is 4.89. The van der Waals surface area contributed by atoms with E-state index in [-0.39, 0.29) is 11.5 Å². The molecule has 0 radical (unpaired) electrons. The molecule has 102 valence electrons. The van der Waals surface area contributed by atoms with Crippen molar-refractivity contribution < 1.29 is 22.7 Å². The minimum atomic E-state index is -2.92. The maximum atomic E-state index is 10.9. The van der Waals surface area contributed by atoms with Crippen LogP contribution in [0.3, 0.4) is 0 Å². The Morgan fingerprint density at radius 2 is 2.17 bits per heavy atom. The maximum Gasteiger partial charge on any atom is 0.371 e. The lowest BCUT2D eigenvalue weighted by atomic mass is 10.2. The fourth-order valence-electron chi connectivity index (χ4n) is 1.48. The van der Waals surface area contributed by atoms with Gasteiger partial charge < -0.3 is 14.8 Å². The zero-order valence-electron chi connectivity index (χ0n) is 10.4. The highest BCUT2D eigenvalue weighted by atomic mass is 32.2. The number of carboxylic acid groups (broad SMARTS) is 1. The van der Waals surface area contributed by atoms with Gasteiger partial charge in [0.1, 0.15) is 15.6 Å². The number of sulfone groups is 1. The van der Waals surface area contributed by atoms with Gasteiger partial charge in [-0.05, 0) is 26.0 Å². The standard InChI is InChI=1S/C11H17NO5S/c1-8-9(6-10(17-8)11(13)14)7-12-4-3-5-18(2,15)16/h6,12H,3-5,7H2,1-2H3,(H,13,14). The van der Waals surface area contributed by atoms with E-state index in [0.29, 0.717) is 25.3 Å². The normalized spacial score (nSPS) is 11.7. The van der Waals surface area contributed by atoms with E-state index in [9.17, 15) is 13.2 Å². The molecule has 0 spiro atoms. The van der Waals surface area contributed by atoms with Crippen molar-refractivity contribution in [3.63, 3.8) is 0 Å². The van der Waals surface area contributed by atoms with Crippen molar-refractivity contribution in [1.82, 2.24) is 5.32 Å². The van der Waals surface area contributed by atoms with Gasteiger partial charge in [-0.3, -0.25) is 0 Å². The number of aromatic carboxylic acids is 1. The zero-order chi connectivity index (χ0) is 13.8. The smallest absolute Gasteiger partial charge is 0.371 e. The first-order chi connectivity index (χ1) is 8.29. The van der Waals surface area contributed by atoms with Crippen molar-refractivity contribution in [2.24, 2.45) is 0 Å². The van der Waals surface area contributed by atoms with E-state index in [1.165, 1.54) is 12.3 Å². The molecule has 0 unspecified atom stereocenters. The third-order valence-electron chi connectivity index (χ3n) is 2.42. The fourth-order valence-corrected chi connectivity index (χ4v) is 2.15. The van der Waals surface area contributed by atoms with Crippen LogP contribution in [0.25, 0.3) is 0 Å². The van der Waals surface area contributed by atoms with E-state index in [1.54, 1.807) is 6.92 Å². The Labute approximate surface area is 106 Å². The van der Waals surface area contributed by atoms with Gasteiger partial charge in [-0.2, -0.15) is 0 Å². The molecule has 0 aliphatic heterocycles. The van der Waals surface area contributed by atoms with Crippen LogP contribution in [-0.2, 0) is 16.4 Å². The maximum absolute atomic E-state index is 10.9. The van der Waals surface area contributed by atoms with Gasteiger partial charge in [-0.1, -0.05) is 0 Å². The van der Waals surface area contributed by atoms with Crippen LogP contribution in [0, 0.1) is 6.92 Å². The number of carboxylic acids is 1. The Morgan fingerprint density at radius 1 is 1.50 bits per heavy atom. The van der Waals surface area contributed by atoms with Crippen LogP contribution >= 0.6 is 0 Å². The molecule has 0 bridgehead atoms. The molecule has 0 saturated heterocycles. The van der Waals surface area contributed by atoms with Crippen LogP contribution in [0.1, 0.15) is 28.3 Å². The predicted molar refractivity (Wildman–Crippen MR) is 66.4 cm³/mol. The topological polar surface area (TPSA) is 96.6 Å². The SMILES string of the molecule is Cc1oc(C(=O)O)cc1CNCCCS(C)(=O)=O. The molecule has 1 aromatic heterocycles. The Bertz CT molecular complexity index is 518. The first-order valence-electron chi connectivity index (χ1n) is 5.50. The van der Waals surface area contributed by atoms with Crippen molar-refractivity contribution in [2.75, 3.05) is 18.6 Å². The van der Waals surface area contributed by atoms with Crippen LogP contribution in [0.4, 0.5) is 0 Å². The van der Waals surface area contributed by atoms with Gasteiger partial charge in [0.25, 0.3) is 0 Å². The molecule has 0 atom stereocenters. The molecule has 0 aliphatic rings. The first-order valence-corrected chi connectivity index (χ1v) is 7.56. The number of hydrogen-bond acceptors (Lipinski definition) is 5. The van der Waals surface area contributed by atoms with Crippen LogP contribution in [-0.4, -0.2) is 38.0 Å². The minimum absolute atomic E-state index is 0.0829. The number of hydrogen-bond donors (Lipinski definition) is 2. The molecule has 0 saturated carbocycles. The summed E-state index contributed by atoms with van der Waals surface area (Å²) in [5.41, 5.74) is 0.770. The molecule has 0 aliphatic carbocycles. The van der Waals surface area contributed by atoms with Crippen LogP contribution in [0.5, 0.6) is 0 Å². The summed E-state index contributed by atoms with van der Waals surface area (Å²) in [5, 5.41) is 11.8. The second-order valence-electron chi connectivity index (χ2n) is 4.16. The second-order valence-corrected chi connectivity index (χ2v) is 6.42. The molecule has 6 nitrogen and oxygen atoms in total. The van der Waals surface area contributed by atoms with Gasteiger partial charge in [0.15, 0.2) is 0 Å². The lowest BCUT2D eigenvalue weighted by molar-refractivity contribution is 0.0661. The third-order valence-corrected chi connectivity index (χ3v) is 3.45. The summed E-state index contributed by atoms with van der Waals surface area (Å²) in [6.07, 6.45) is 1.73. The van der Waals surface area contributed by atoms with Gasteiger partial charge >= 0.3 is 5.97 Å². The monoisotopic (exact) mass is 275 g/mol. The Morgan fingerprint density at radius 3 is 2.67 bits per heavy atom. The average Bonchev–Trinajstić information content (AvgIpc) is 2.58. The van der Waals surface area contributed by atoms with Gasteiger partial charge in [0.05, 0.1) is 5.75 Å². The molecule has 0 aromatic carbocycles. The van der Waals surface area contributed by atoms with E-state index in [1.807, 2.05) is 0 Å². The molecule has 7 heteroatoms. The average molecular weight is 275 g/mol. The Hall–Kier alpha value is -1.34. The quantitative estimate of drug-likeness (QED) is 0.715. The molecule has 2 N–H and O–H groups in total. The molecular formula is C11H17NO5S. The van der Waals surface area contributed by atoms with Crippen molar-refractivity contribution in [2.45, 2.75) is 19.9 Å². The Kier molecular flexibility index (Phi) is 4.92. The molecule has 1 rings (SSSR count). The highest BCUT2D eigenvalue weighted by Gasteiger charge is 2.12. The molecule has 18 heavy (non-hydrogen) atoms. The number of aryl methyl sites for hydroxylation is 1. The molecule has 0 fully saturated rings. The van der Waals surface area contributed by atoms with Crippen LogP contribution in [0.15, 0.2) is 10.5 Å². The zero-order valence-corrected chi connectivity index (χ0v) is 11.2. The van der Waals surface area contributed by atoms with Crippen molar-refractivity contribution >= 4 is 15.8 Å². The fraction of sp³-hybridized carbons (Fsp3) is 0.545. The number of rotatable bonds is 7. The van der Waals surface area contributed by atoms with Crippen molar-refractivity contribution in [3.05, 3.63) is 23.2 Å². The van der Waals surface area contributed by atoms with Gasteiger partial charge in [-0.15, -0.1) is 0 Å². The van der Waals surface area contributed by atoms with Gasteiger partial charge in [-0.25, -0.2) is 13.2 Å². The summed E-state index contributed by atoms with van der Waals surface area (Å²) in [6, 6.07) is 1.47. The second kappa shape index (κ2) is 6.01. The summed E-state index contributed by atoms with van der Waals surface area (Å²) >= 11 is 0. The van der Waals surface area contributed by atoms with Crippen LogP contribution < -0.4 is 5.32 Å². The van der Waals surface area contributed by atoms with E-state index in [4.69, 9.17) is 9.52 Å². The number of carbonyl (C=O) groups is 1. The highest BCUT2D eigenvalue weighted by Crippen LogP contribution is 2.14. The summed E-state index contributed by atoms with van der Waals surface area (Å²) < 4.78 is 26.8. The molecular weight excluding hydrogens is 258 g/mol. The molecule has 0 amide bonds. The van der Waals surface area contributed by atoms with Crippen LogP contribution in [0.2, 0.25) is 0 Å². The van der Waals surface area contributed by atoms with Gasteiger partial charge in [0.2, 0.25) is 5.76 Å². The number of furan rings is 1. The highest BCUT2D eigenvalue weighted by molar-refractivity contribution is 7.90. The summed E-state index contributed by atoms with van der Waals surface area (Å²) in [7, 11) is -2.92. The molecule has 1 aromatic rings. The predicted octanol–water partition coefficient (Wildman–Crippen LogP) is 0.811. The Balaban J connectivity index is 2.38. The summed E-state index contributed by atoms with van der Waals surface area (Å²) in [5.74, 6) is -0.477. The van der Waals surface area contributed by atoms with E-state index in [2.05, 4.69) is 5.32 Å². The van der Waals surface area contributed by atoms with Gasteiger partial charge in [0, 0.05) is 18.4 Å². The van der Waals surface area contributed by atoms with E-state index < -0.39 is 15.8 Å². The van der Waals surface area contributed by atoms with E-state index in [0.717, 1.165) is 5.56 Å².